The van der Waals surface area contributed by atoms with E-state index in [1.807, 2.05) is 48.5 Å². The first-order chi connectivity index (χ1) is 11.8. The van der Waals surface area contributed by atoms with Crippen molar-refractivity contribution in [2.75, 3.05) is 19.6 Å². The van der Waals surface area contributed by atoms with Gasteiger partial charge in [0.05, 0.1) is 0 Å². The molecular formula is C19H22N2O3. The molecule has 5 heteroatoms. The molecule has 3 rings (SSSR count). The number of carbonyl (C=O) groups excluding carboxylic acids is 1. The third-order valence-electron chi connectivity index (χ3n) is 3.96. The molecule has 1 aliphatic heterocycles. The SMILES string of the molecule is O=C(OCc1ccccc1)OC1CNCCN1Cc1ccccc1. The fraction of sp³-hybridized carbons (Fsp3) is 0.316. The normalized spacial score (nSPS) is 18.1. The van der Waals surface area contributed by atoms with E-state index in [0.29, 0.717) is 6.54 Å². The van der Waals surface area contributed by atoms with Gasteiger partial charge in [-0.15, -0.1) is 0 Å². The number of nitrogens with zero attached hydrogens (tertiary/aromatic N) is 1. The first kappa shape index (κ1) is 16.5. The van der Waals surface area contributed by atoms with Crippen molar-refractivity contribution < 1.29 is 14.3 Å². The summed E-state index contributed by atoms with van der Waals surface area (Å²) in [6.07, 6.45) is -0.951. The first-order valence-electron chi connectivity index (χ1n) is 8.17. The Hall–Kier alpha value is -2.37. The molecule has 0 aromatic heterocycles. The Morgan fingerprint density at radius 2 is 1.71 bits per heavy atom. The van der Waals surface area contributed by atoms with Gasteiger partial charge in [-0.2, -0.15) is 0 Å². The van der Waals surface area contributed by atoms with E-state index in [4.69, 9.17) is 9.47 Å². The molecule has 0 spiro atoms. The largest absolute Gasteiger partial charge is 0.510 e. The van der Waals surface area contributed by atoms with Crippen molar-refractivity contribution in [3.8, 4) is 0 Å². The van der Waals surface area contributed by atoms with E-state index in [9.17, 15) is 4.79 Å². The molecule has 0 radical (unpaired) electrons. The highest BCUT2D eigenvalue weighted by Crippen LogP contribution is 2.12. The summed E-state index contributed by atoms with van der Waals surface area (Å²) < 4.78 is 10.7. The molecule has 1 fully saturated rings. The summed E-state index contributed by atoms with van der Waals surface area (Å²) in [5, 5.41) is 3.26. The average Bonchev–Trinajstić information content (AvgIpc) is 2.63. The van der Waals surface area contributed by atoms with Gasteiger partial charge in [0.1, 0.15) is 6.61 Å². The summed E-state index contributed by atoms with van der Waals surface area (Å²) in [5.74, 6) is 0. The van der Waals surface area contributed by atoms with Crippen LogP contribution in [0, 0.1) is 0 Å². The van der Waals surface area contributed by atoms with E-state index in [-0.39, 0.29) is 12.8 Å². The van der Waals surface area contributed by atoms with Crippen molar-refractivity contribution in [2.24, 2.45) is 0 Å². The van der Waals surface area contributed by atoms with Crippen LogP contribution in [0.5, 0.6) is 0 Å². The van der Waals surface area contributed by atoms with Crippen LogP contribution in [0.2, 0.25) is 0 Å². The molecule has 1 aliphatic rings. The fourth-order valence-electron chi connectivity index (χ4n) is 2.70. The van der Waals surface area contributed by atoms with E-state index >= 15 is 0 Å². The predicted octanol–water partition coefficient (Wildman–Crippen LogP) is 2.77. The molecule has 1 atom stereocenters. The maximum absolute atomic E-state index is 12.0. The van der Waals surface area contributed by atoms with Crippen LogP contribution in [0.25, 0.3) is 0 Å². The van der Waals surface area contributed by atoms with Gasteiger partial charge in [0.2, 0.25) is 0 Å². The van der Waals surface area contributed by atoms with Crippen molar-refractivity contribution in [3.63, 3.8) is 0 Å². The van der Waals surface area contributed by atoms with Gasteiger partial charge in [0.25, 0.3) is 0 Å². The molecule has 5 nitrogen and oxygen atoms in total. The Morgan fingerprint density at radius 3 is 2.42 bits per heavy atom. The Morgan fingerprint density at radius 1 is 1.04 bits per heavy atom. The first-order valence-corrected chi connectivity index (χ1v) is 8.17. The monoisotopic (exact) mass is 326 g/mol. The molecule has 126 valence electrons. The minimum absolute atomic E-state index is 0.221. The fourth-order valence-corrected chi connectivity index (χ4v) is 2.70. The van der Waals surface area contributed by atoms with Crippen LogP contribution in [0.4, 0.5) is 4.79 Å². The van der Waals surface area contributed by atoms with Crippen LogP contribution in [-0.2, 0) is 22.6 Å². The van der Waals surface area contributed by atoms with Gasteiger partial charge in [-0.1, -0.05) is 60.7 Å². The molecule has 2 aromatic rings. The summed E-state index contributed by atoms with van der Waals surface area (Å²) in [6.45, 7) is 3.28. The van der Waals surface area contributed by atoms with E-state index in [0.717, 1.165) is 25.2 Å². The number of carbonyl (C=O) groups is 1. The molecule has 0 aliphatic carbocycles. The molecule has 24 heavy (non-hydrogen) atoms. The van der Waals surface area contributed by atoms with Crippen LogP contribution in [0.1, 0.15) is 11.1 Å². The Labute approximate surface area is 142 Å². The second kappa shape index (κ2) is 8.47. The van der Waals surface area contributed by atoms with Crippen LogP contribution in [0.15, 0.2) is 60.7 Å². The van der Waals surface area contributed by atoms with Crippen LogP contribution < -0.4 is 5.32 Å². The van der Waals surface area contributed by atoms with Gasteiger partial charge < -0.3 is 14.8 Å². The maximum atomic E-state index is 12.0. The number of hydrogen-bond donors (Lipinski definition) is 1. The third-order valence-corrected chi connectivity index (χ3v) is 3.96. The highest BCUT2D eigenvalue weighted by Gasteiger charge is 2.26. The van der Waals surface area contributed by atoms with Crippen molar-refractivity contribution in [2.45, 2.75) is 19.4 Å². The zero-order chi connectivity index (χ0) is 16.6. The quantitative estimate of drug-likeness (QED) is 0.856. The molecular weight excluding hydrogens is 304 g/mol. The predicted molar refractivity (Wildman–Crippen MR) is 91.2 cm³/mol. The second-order valence-electron chi connectivity index (χ2n) is 5.76. The van der Waals surface area contributed by atoms with Gasteiger partial charge in [0.15, 0.2) is 6.23 Å². The van der Waals surface area contributed by atoms with Crippen molar-refractivity contribution in [3.05, 3.63) is 71.8 Å². The molecule has 0 bridgehead atoms. The smallest absolute Gasteiger partial charge is 0.429 e. The lowest BCUT2D eigenvalue weighted by atomic mass is 10.2. The van der Waals surface area contributed by atoms with Gasteiger partial charge in [-0.25, -0.2) is 4.79 Å². The summed E-state index contributed by atoms with van der Waals surface area (Å²) in [5.41, 5.74) is 2.14. The van der Waals surface area contributed by atoms with Gasteiger partial charge in [0, 0.05) is 26.2 Å². The molecule has 0 saturated carbocycles. The van der Waals surface area contributed by atoms with Gasteiger partial charge >= 0.3 is 6.16 Å². The Balaban J connectivity index is 1.52. The lowest BCUT2D eigenvalue weighted by molar-refractivity contribution is -0.0631. The topological polar surface area (TPSA) is 50.8 Å². The maximum Gasteiger partial charge on any atom is 0.510 e. The molecule has 1 unspecified atom stereocenters. The summed E-state index contributed by atoms with van der Waals surface area (Å²) >= 11 is 0. The highest BCUT2D eigenvalue weighted by molar-refractivity contribution is 5.60. The van der Waals surface area contributed by atoms with Crippen LogP contribution >= 0.6 is 0 Å². The molecule has 0 amide bonds. The van der Waals surface area contributed by atoms with Crippen molar-refractivity contribution >= 4 is 6.16 Å². The molecule has 1 N–H and O–H groups in total. The number of nitrogens with one attached hydrogen (secondary N) is 1. The summed E-state index contributed by atoms with van der Waals surface area (Å²) in [7, 11) is 0. The average molecular weight is 326 g/mol. The number of ether oxygens (including phenoxy) is 2. The van der Waals surface area contributed by atoms with E-state index in [2.05, 4.69) is 22.3 Å². The molecule has 1 saturated heterocycles. The number of benzene rings is 2. The molecule has 1 heterocycles. The zero-order valence-corrected chi connectivity index (χ0v) is 13.6. The highest BCUT2D eigenvalue weighted by atomic mass is 16.7. The number of piperazine rings is 1. The Bertz CT molecular complexity index is 634. The lowest BCUT2D eigenvalue weighted by Gasteiger charge is -2.35. The van der Waals surface area contributed by atoms with Crippen molar-refractivity contribution in [1.82, 2.24) is 10.2 Å². The van der Waals surface area contributed by atoms with Gasteiger partial charge in [-0.05, 0) is 11.1 Å². The minimum atomic E-state index is -0.634. The number of rotatable bonds is 5. The van der Waals surface area contributed by atoms with Crippen LogP contribution in [-0.4, -0.2) is 36.9 Å². The second-order valence-corrected chi connectivity index (χ2v) is 5.76. The van der Waals surface area contributed by atoms with E-state index in [1.54, 1.807) is 0 Å². The third kappa shape index (κ3) is 4.81. The zero-order valence-electron chi connectivity index (χ0n) is 13.6. The van der Waals surface area contributed by atoms with E-state index in [1.165, 1.54) is 5.56 Å². The van der Waals surface area contributed by atoms with Crippen molar-refractivity contribution in [1.29, 1.82) is 0 Å². The number of hydrogen-bond acceptors (Lipinski definition) is 5. The molecule has 2 aromatic carbocycles. The van der Waals surface area contributed by atoms with E-state index < -0.39 is 6.16 Å². The van der Waals surface area contributed by atoms with Gasteiger partial charge in [-0.3, -0.25) is 4.90 Å². The summed E-state index contributed by atoms with van der Waals surface area (Å²) in [6, 6.07) is 19.8. The minimum Gasteiger partial charge on any atom is -0.429 e. The van der Waals surface area contributed by atoms with Crippen LogP contribution in [0.3, 0.4) is 0 Å². The lowest BCUT2D eigenvalue weighted by Crippen LogP contribution is -2.52. The Kier molecular flexibility index (Phi) is 5.82. The standard InChI is InChI=1S/C19H22N2O3/c22-19(23-15-17-9-5-2-6-10-17)24-18-13-20-11-12-21(18)14-16-7-3-1-4-8-16/h1-10,18,20H,11-15H2. The summed E-state index contributed by atoms with van der Waals surface area (Å²) in [4.78, 5) is 14.1.